The highest BCUT2D eigenvalue weighted by molar-refractivity contribution is 8.00. The molecule has 5 aliphatic rings. The molecule has 3 heterocycles. The van der Waals surface area contributed by atoms with Crippen molar-refractivity contribution in [2.24, 2.45) is 5.92 Å². The minimum absolute atomic E-state index is 0.0808. The molecule has 2 aliphatic carbocycles. The first-order valence-electron chi connectivity index (χ1n) is 12.1. The molecule has 0 bridgehead atoms. The van der Waals surface area contributed by atoms with Crippen molar-refractivity contribution < 1.29 is 8.78 Å². The van der Waals surface area contributed by atoms with E-state index in [1.54, 1.807) is 6.07 Å². The quantitative estimate of drug-likeness (QED) is 0.402. The molecule has 0 saturated carbocycles. The molecular formula is C28H29F2N3S. The van der Waals surface area contributed by atoms with Crippen LogP contribution in [0.25, 0.3) is 0 Å². The number of nitrogens with one attached hydrogen (secondary N) is 1. The number of halogens is 2. The van der Waals surface area contributed by atoms with Gasteiger partial charge in [0.2, 0.25) is 6.30 Å². The number of thioether (sulfide) groups is 1. The van der Waals surface area contributed by atoms with E-state index in [4.69, 9.17) is 0 Å². The highest BCUT2D eigenvalue weighted by atomic mass is 32.2. The first-order valence-corrected chi connectivity index (χ1v) is 12.9. The van der Waals surface area contributed by atoms with E-state index >= 15 is 4.39 Å². The third-order valence-corrected chi connectivity index (χ3v) is 9.05. The van der Waals surface area contributed by atoms with Crippen LogP contribution in [-0.4, -0.2) is 28.5 Å². The van der Waals surface area contributed by atoms with Crippen molar-refractivity contribution in [3.63, 3.8) is 0 Å². The predicted octanol–water partition coefficient (Wildman–Crippen LogP) is 6.23. The van der Waals surface area contributed by atoms with Crippen LogP contribution >= 0.6 is 11.8 Å². The van der Waals surface area contributed by atoms with Crippen LogP contribution in [0.2, 0.25) is 0 Å². The summed E-state index contributed by atoms with van der Waals surface area (Å²) < 4.78 is 29.4. The fraction of sp³-hybridized carbons (Fsp3) is 0.429. The summed E-state index contributed by atoms with van der Waals surface area (Å²) in [5.74, 6) is 5.39. The normalized spacial score (nSPS) is 31.5. The Morgan fingerprint density at radius 2 is 1.97 bits per heavy atom. The van der Waals surface area contributed by atoms with Gasteiger partial charge in [0.05, 0.1) is 17.0 Å². The molecule has 0 spiro atoms. The van der Waals surface area contributed by atoms with Crippen LogP contribution in [0.3, 0.4) is 0 Å². The zero-order valence-electron chi connectivity index (χ0n) is 20.0. The summed E-state index contributed by atoms with van der Waals surface area (Å²) in [6.45, 7) is 6.48. The fourth-order valence-electron chi connectivity index (χ4n) is 6.20. The monoisotopic (exact) mass is 477 g/mol. The molecule has 34 heavy (non-hydrogen) atoms. The lowest BCUT2D eigenvalue weighted by atomic mass is 9.90. The second-order valence-electron chi connectivity index (χ2n) is 9.90. The van der Waals surface area contributed by atoms with Crippen molar-refractivity contribution in [2.45, 2.75) is 68.7 Å². The molecule has 6 heteroatoms. The lowest BCUT2D eigenvalue weighted by molar-refractivity contribution is 0.179. The number of rotatable bonds is 2. The molecule has 1 aromatic carbocycles. The predicted molar refractivity (Wildman–Crippen MR) is 133 cm³/mol. The molecule has 5 unspecified atom stereocenters. The molecule has 0 saturated heterocycles. The topological polar surface area (TPSA) is 18.5 Å². The maximum Gasteiger partial charge on any atom is 0.213 e. The van der Waals surface area contributed by atoms with E-state index in [0.29, 0.717) is 11.5 Å². The van der Waals surface area contributed by atoms with Gasteiger partial charge in [0.15, 0.2) is 0 Å². The number of nitrogens with zero attached hydrogens (tertiary/aromatic N) is 2. The molecule has 3 aliphatic heterocycles. The molecule has 176 valence electrons. The van der Waals surface area contributed by atoms with Crippen LogP contribution < -0.4 is 5.32 Å². The average molecular weight is 478 g/mol. The molecule has 5 atom stereocenters. The molecule has 0 amide bonds. The second-order valence-corrected chi connectivity index (χ2v) is 11.1. The summed E-state index contributed by atoms with van der Waals surface area (Å²) in [4.78, 5) is 5.80. The van der Waals surface area contributed by atoms with Crippen LogP contribution in [0.1, 0.15) is 61.9 Å². The van der Waals surface area contributed by atoms with Crippen LogP contribution in [0.15, 0.2) is 57.9 Å². The molecule has 0 aromatic heterocycles. The fourth-order valence-corrected chi connectivity index (χ4v) is 7.73. The molecule has 1 N–H and O–H groups in total. The summed E-state index contributed by atoms with van der Waals surface area (Å²) in [6, 6.07) is 1.66. The third kappa shape index (κ3) is 3.13. The van der Waals surface area contributed by atoms with Crippen LogP contribution in [-0.2, 0) is 0 Å². The summed E-state index contributed by atoms with van der Waals surface area (Å²) >= 11 is 1.54. The van der Waals surface area contributed by atoms with Gasteiger partial charge in [-0.05, 0) is 62.3 Å². The first kappa shape index (κ1) is 22.0. The maximum absolute atomic E-state index is 15.4. The standard InChI is InChI=1S/C28H29F2N3S/c1-15-8-7-9-16(2)25(15)33-21-11-6-5-10-20(21)32(4)28(33)23-17(3)14-19(29)24-18-12-13-22(30)31-27(18)34-26(23)24/h6-8,11,14,16,18,22,27-28,31H,5,9-10H2,1-4H3. The van der Waals surface area contributed by atoms with Gasteiger partial charge in [0.1, 0.15) is 12.0 Å². The van der Waals surface area contributed by atoms with Gasteiger partial charge >= 0.3 is 0 Å². The minimum atomic E-state index is -1.37. The van der Waals surface area contributed by atoms with Crippen LogP contribution in [0, 0.1) is 30.5 Å². The molecular weight excluding hydrogens is 448 g/mol. The number of aryl methyl sites for hydroxylation is 1. The Labute approximate surface area is 204 Å². The lowest BCUT2D eigenvalue weighted by Crippen LogP contribution is -2.37. The van der Waals surface area contributed by atoms with E-state index in [9.17, 15) is 4.39 Å². The Balaban J connectivity index is 1.56. The Bertz CT molecular complexity index is 1260. The number of alkyl halides is 1. The Morgan fingerprint density at radius 3 is 2.76 bits per heavy atom. The van der Waals surface area contributed by atoms with Gasteiger partial charge in [-0.1, -0.05) is 31.1 Å². The second kappa shape index (κ2) is 8.03. The van der Waals surface area contributed by atoms with Gasteiger partial charge in [0.25, 0.3) is 0 Å². The van der Waals surface area contributed by atoms with Crippen LogP contribution in [0.5, 0.6) is 0 Å². The number of allylic oxidation sites excluding steroid dienone is 7. The molecule has 0 fully saturated rings. The van der Waals surface area contributed by atoms with E-state index in [-0.39, 0.29) is 23.3 Å². The molecule has 0 radical (unpaired) electrons. The highest BCUT2D eigenvalue weighted by Crippen LogP contribution is 2.55. The largest absolute Gasteiger partial charge is 0.352 e. The van der Waals surface area contributed by atoms with Gasteiger partial charge in [-0.3, -0.25) is 5.32 Å². The van der Waals surface area contributed by atoms with Crippen molar-refractivity contribution in [3.05, 3.63) is 75.5 Å². The van der Waals surface area contributed by atoms with E-state index in [0.717, 1.165) is 35.3 Å². The Kier molecular flexibility index (Phi) is 5.20. The van der Waals surface area contributed by atoms with Gasteiger partial charge in [-0.15, -0.1) is 11.8 Å². The van der Waals surface area contributed by atoms with Crippen molar-refractivity contribution in [2.75, 3.05) is 7.05 Å². The van der Waals surface area contributed by atoms with Gasteiger partial charge in [0, 0.05) is 40.4 Å². The summed E-state index contributed by atoms with van der Waals surface area (Å²) in [7, 11) is 2.16. The Hall–Kier alpha value is -2.49. The zero-order valence-corrected chi connectivity index (χ0v) is 20.8. The Morgan fingerprint density at radius 1 is 1.15 bits per heavy atom. The number of hydrogen-bond donors (Lipinski definition) is 1. The van der Waals surface area contributed by atoms with Gasteiger partial charge < -0.3 is 9.80 Å². The van der Waals surface area contributed by atoms with E-state index in [1.165, 1.54) is 34.4 Å². The summed E-state index contributed by atoms with van der Waals surface area (Å²) in [5.41, 5.74) is 7.84. The maximum atomic E-state index is 15.4. The minimum Gasteiger partial charge on any atom is -0.352 e. The number of fused-ring (bicyclic) bond motifs is 3. The third-order valence-electron chi connectivity index (χ3n) is 7.71. The van der Waals surface area contributed by atoms with Crippen molar-refractivity contribution in [1.82, 2.24) is 15.1 Å². The smallest absolute Gasteiger partial charge is 0.213 e. The van der Waals surface area contributed by atoms with E-state index in [2.05, 4.69) is 72.2 Å². The number of benzene rings is 1. The highest BCUT2D eigenvalue weighted by Gasteiger charge is 2.46. The molecule has 6 rings (SSSR count). The summed E-state index contributed by atoms with van der Waals surface area (Å²) in [5, 5.41) is 2.65. The molecule has 1 aromatic rings. The summed E-state index contributed by atoms with van der Waals surface area (Å²) in [6.07, 6.45) is 10.6. The van der Waals surface area contributed by atoms with E-state index in [1.807, 2.05) is 6.92 Å². The van der Waals surface area contributed by atoms with Crippen LogP contribution in [0.4, 0.5) is 8.78 Å². The number of hydrogen-bond acceptors (Lipinski definition) is 4. The average Bonchev–Trinajstić information content (AvgIpc) is 3.30. The zero-order chi connectivity index (χ0) is 23.7. The SMILES string of the molecule is CC1=C(N2C3=C(CCC=C3)N(C)C2c2c(C)cc(F)c3c2SC2NC(F)C#CC32)C(C)CC=C1. The lowest BCUT2D eigenvalue weighted by Gasteiger charge is -2.39. The van der Waals surface area contributed by atoms with Crippen molar-refractivity contribution >= 4 is 11.8 Å². The van der Waals surface area contributed by atoms with Gasteiger partial charge in [-0.2, -0.15) is 0 Å². The first-order chi connectivity index (χ1) is 16.4. The van der Waals surface area contributed by atoms with E-state index < -0.39 is 6.30 Å². The van der Waals surface area contributed by atoms with Crippen molar-refractivity contribution in [3.8, 4) is 11.8 Å². The van der Waals surface area contributed by atoms with Gasteiger partial charge in [-0.25, -0.2) is 8.78 Å². The van der Waals surface area contributed by atoms with Crippen molar-refractivity contribution in [1.29, 1.82) is 0 Å². The molecule has 3 nitrogen and oxygen atoms in total.